The Morgan fingerprint density at radius 1 is 1.31 bits per heavy atom. The highest BCUT2D eigenvalue weighted by Gasteiger charge is 2.24. The highest BCUT2D eigenvalue weighted by atomic mass is 32.2. The van der Waals surface area contributed by atoms with Crippen LogP contribution in [0.1, 0.15) is 0 Å². The van der Waals surface area contributed by atoms with Gasteiger partial charge >= 0.3 is 7.60 Å². The molecule has 0 saturated carbocycles. The van der Waals surface area contributed by atoms with E-state index in [1.54, 1.807) is 29.0 Å². The molecular formula is C11H13N6O6PS2. The molecule has 0 bridgehead atoms. The molecule has 0 unspecified atom stereocenters. The summed E-state index contributed by atoms with van der Waals surface area (Å²) < 4.78 is 41.4. The molecule has 1 heterocycles. The first kappa shape index (κ1) is 20.3. The van der Waals surface area contributed by atoms with Crippen LogP contribution in [0.15, 0.2) is 33.7 Å². The summed E-state index contributed by atoms with van der Waals surface area (Å²) >= 11 is 0.752. The van der Waals surface area contributed by atoms with Gasteiger partial charge in [0.15, 0.2) is 0 Å². The fourth-order valence-corrected chi connectivity index (χ4v) is 4.67. The molecule has 0 fully saturated rings. The van der Waals surface area contributed by atoms with Crippen molar-refractivity contribution in [2.75, 3.05) is 19.4 Å². The maximum Gasteiger partial charge on any atom is 0.340 e. The Morgan fingerprint density at radius 2 is 2.00 bits per heavy atom. The number of benzene rings is 1. The van der Waals surface area contributed by atoms with Gasteiger partial charge in [-0.15, -0.1) is 10.2 Å². The third-order valence-corrected chi connectivity index (χ3v) is 6.25. The third kappa shape index (κ3) is 6.04. The minimum Gasteiger partial charge on any atom is -0.493 e. The molecule has 26 heavy (non-hydrogen) atoms. The van der Waals surface area contributed by atoms with E-state index in [0.29, 0.717) is 16.3 Å². The Hall–Kier alpha value is -2.05. The van der Waals surface area contributed by atoms with Crippen LogP contribution in [-0.2, 0) is 14.6 Å². The molecule has 12 nitrogen and oxygen atoms in total. The van der Waals surface area contributed by atoms with E-state index in [-0.39, 0.29) is 13.2 Å². The quantitative estimate of drug-likeness (QED) is 0.178. The predicted octanol–water partition coefficient (Wildman–Crippen LogP) is 1.31. The van der Waals surface area contributed by atoms with Gasteiger partial charge < -0.3 is 14.5 Å². The van der Waals surface area contributed by atoms with Crippen molar-refractivity contribution in [3.63, 3.8) is 0 Å². The second-order valence-electron chi connectivity index (χ2n) is 4.67. The fourth-order valence-electron chi connectivity index (χ4n) is 1.61. The second-order valence-corrected chi connectivity index (χ2v) is 9.23. The molecule has 0 amide bonds. The van der Waals surface area contributed by atoms with Gasteiger partial charge in [0.25, 0.3) is 10.0 Å². The average molecular weight is 420 g/mol. The van der Waals surface area contributed by atoms with Crippen molar-refractivity contribution in [1.82, 2.24) is 14.9 Å². The summed E-state index contributed by atoms with van der Waals surface area (Å²) in [5.41, 5.74) is 8.75. The molecule has 0 aliphatic carbocycles. The van der Waals surface area contributed by atoms with Crippen LogP contribution < -0.4 is 9.46 Å². The first-order valence-corrected chi connectivity index (χ1v) is 10.9. The molecule has 1 aromatic heterocycles. The van der Waals surface area contributed by atoms with Crippen molar-refractivity contribution in [3.05, 3.63) is 34.7 Å². The molecule has 15 heteroatoms. The first-order chi connectivity index (χ1) is 12.2. The standard InChI is InChI=1S/C11H13N6O6PS2/c12-17-13-5-6-23-9-3-1-8(2-4-9)10-15-16-11(25-10)26(21,22)14-7-24(18,19)20/h1-4,14H,5-7H2,(H2,18,19,20). The maximum atomic E-state index is 11.9. The Labute approximate surface area is 151 Å². The summed E-state index contributed by atoms with van der Waals surface area (Å²) in [6.45, 7) is 0.410. The molecule has 0 aliphatic heterocycles. The largest absolute Gasteiger partial charge is 0.493 e. The van der Waals surface area contributed by atoms with E-state index < -0.39 is 28.2 Å². The van der Waals surface area contributed by atoms with Crippen LogP contribution in [0.2, 0.25) is 0 Å². The first-order valence-electron chi connectivity index (χ1n) is 6.83. The number of aromatic nitrogens is 2. The summed E-state index contributed by atoms with van der Waals surface area (Å²) in [4.78, 5) is 20.1. The van der Waals surface area contributed by atoms with E-state index >= 15 is 0 Å². The summed E-state index contributed by atoms with van der Waals surface area (Å²) in [5.74, 6) is 0.530. The Balaban J connectivity index is 2.07. The zero-order valence-electron chi connectivity index (χ0n) is 13.0. The minimum absolute atomic E-state index is 0.192. The third-order valence-electron chi connectivity index (χ3n) is 2.72. The van der Waals surface area contributed by atoms with Crippen LogP contribution in [0.4, 0.5) is 0 Å². The lowest BCUT2D eigenvalue weighted by molar-refractivity contribution is 0.328. The lowest BCUT2D eigenvalue weighted by atomic mass is 10.2. The van der Waals surface area contributed by atoms with Gasteiger partial charge in [-0.2, -0.15) is 4.72 Å². The summed E-state index contributed by atoms with van der Waals surface area (Å²) in [5, 5.41) is 11.0. The molecule has 3 N–H and O–H groups in total. The number of azide groups is 1. The zero-order chi connectivity index (χ0) is 19.2. The van der Waals surface area contributed by atoms with E-state index in [9.17, 15) is 13.0 Å². The molecular weight excluding hydrogens is 407 g/mol. The topological polar surface area (TPSA) is 187 Å². The van der Waals surface area contributed by atoms with Gasteiger partial charge in [-0.25, -0.2) is 8.42 Å². The Kier molecular flexibility index (Phi) is 6.67. The lowest BCUT2D eigenvalue weighted by Gasteiger charge is -2.04. The van der Waals surface area contributed by atoms with Crippen molar-refractivity contribution in [2.24, 2.45) is 5.11 Å². The van der Waals surface area contributed by atoms with Gasteiger partial charge in [-0.05, 0) is 29.8 Å². The van der Waals surface area contributed by atoms with Crippen LogP contribution in [0, 0.1) is 0 Å². The summed E-state index contributed by atoms with van der Waals surface area (Å²) in [6.07, 6.45) is -1.02. The van der Waals surface area contributed by atoms with Crippen LogP contribution >= 0.6 is 18.9 Å². The molecule has 1 aromatic carbocycles. The maximum absolute atomic E-state index is 11.9. The summed E-state index contributed by atoms with van der Waals surface area (Å²) in [7, 11) is -8.70. The highest BCUT2D eigenvalue weighted by molar-refractivity contribution is 7.91. The number of sulfonamides is 1. The van der Waals surface area contributed by atoms with Gasteiger partial charge in [-0.1, -0.05) is 16.5 Å². The van der Waals surface area contributed by atoms with E-state index in [1.165, 1.54) is 0 Å². The monoisotopic (exact) mass is 420 g/mol. The van der Waals surface area contributed by atoms with Crippen molar-refractivity contribution in [1.29, 1.82) is 0 Å². The number of hydrogen-bond donors (Lipinski definition) is 3. The average Bonchev–Trinajstić information content (AvgIpc) is 3.08. The molecule has 140 valence electrons. The van der Waals surface area contributed by atoms with Crippen molar-refractivity contribution >= 4 is 29.0 Å². The summed E-state index contributed by atoms with van der Waals surface area (Å²) in [6, 6.07) is 6.55. The Morgan fingerprint density at radius 3 is 2.62 bits per heavy atom. The van der Waals surface area contributed by atoms with E-state index in [2.05, 4.69) is 20.2 Å². The minimum atomic E-state index is -4.53. The van der Waals surface area contributed by atoms with Crippen molar-refractivity contribution < 1.29 is 27.5 Å². The second kappa shape index (κ2) is 8.56. The number of rotatable bonds is 9. The molecule has 2 aromatic rings. The fraction of sp³-hybridized carbons (Fsp3) is 0.273. The zero-order valence-corrected chi connectivity index (χ0v) is 15.5. The molecule has 0 aliphatic rings. The van der Waals surface area contributed by atoms with E-state index in [0.717, 1.165) is 11.3 Å². The number of nitrogens with zero attached hydrogens (tertiary/aromatic N) is 5. The van der Waals surface area contributed by atoms with Crippen molar-refractivity contribution in [2.45, 2.75) is 4.34 Å². The Bertz CT molecular complexity index is 950. The van der Waals surface area contributed by atoms with Gasteiger partial charge in [0.2, 0.25) is 4.34 Å². The lowest BCUT2D eigenvalue weighted by Crippen LogP contribution is -2.24. The van der Waals surface area contributed by atoms with Gasteiger partial charge in [-0.3, -0.25) is 4.57 Å². The smallest absolute Gasteiger partial charge is 0.340 e. The van der Waals surface area contributed by atoms with Crippen LogP contribution in [0.3, 0.4) is 0 Å². The van der Waals surface area contributed by atoms with Gasteiger partial charge in [0.05, 0.1) is 13.2 Å². The van der Waals surface area contributed by atoms with Gasteiger partial charge in [0, 0.05) is 10.5 Å². The number of nitrogens with one attached hydrogen (secondary N) is 1. The molecule has 2 rings (SSSR count). The normalized spacial score (nSPS) is 11.8. The number of ether oxygens (including phenoxy) is 1. The number of hydrogen-bond acceptors (Lipinski definition) is 8. The van der Waals surface area contributed by atoms with Crippen LogP contribution in [0.5, 0.6) is 5.75 Å². The SMILES string of the molecule is [N-]=[N+]=NCCOc1ccc(-c2nnc(S(=O)(=O)NCP(=O)(O)O)s2)cc1. The van der Waals surface area contributed by atoms with Crippen molar-refractivity contribution in [3.8, 4) is 16.3 Å². The van der Waals surface area contributed by atoms with Crippen LogP contribution in [0.25, 0.3) is 21.0 Å². The molecule has 0 atom stereocenters. The predicted molar refractivity (Wildman–Crippen MR) is 92.1 cm³/mol. The van der Waals surface area contributed by atoms with E-state index in [4.69, 9.17) is 20.1 Å². The highest BCUT2D eigenvalue weighted by Crippen LogP contribution is 2.33. The van der Waals surface area contributed by atoms with E-state index in [1.807, 2.05) is 0 Å². The molecule has 0 saturated heterocycles. The van der Waals surface area contributed by atoms with Crippen LogP contribution in [-0.4, -0.2) is 47.8 Å². The molecule has 0 spiro atoms. The molecule has 0 radical (unpaired) electrons. The van der Waals surface area contributed by atoms with Gasteiger partial charge in [0.1, 0.15) is 17.0 Å².